The molecule has 2 aliphatic heterocycles. The Morgan fingerprint density at radius 1 is 1.33 bits per heavy atom. The van der Waals surface area contributed by atoms with Crippen LogP contribution < -0.4 is 0 Å². The summed E-state index contributed by atoms with van der Waals surface area (Å²) in [7, 11) is 0. The number of hydrogen-bond donors (Lipinski definition) is 0. The van der Waals surface area contributed by atoms with E-state index in [0.717, 1.165) is 24.3 Å². The quantitative estimate of drug-likeness (QED) is 0.825. The third kappa shape index (κ3) is 3.56. The number of aromatic nitrogens is 2. The highest BCUT2D eigenvalue weighted by atomic mass is 19.4. The van der Waals surface area contributed by atoms with Crippen molar-refractivity contribution in [2.45, 2.75) is 19.6 Å². The van der Waals surface area contributed by atoms with E-state index >= 15 is 0 Å². The summed E-state index contributed by atoms with van der Waals surface area (Å²) in [6.45, 7) is 6.96. The van der Waals surface area contributed by atoms with Gasteiger partial charge in [0.15, 0.2) is 5.69 Å². The molecule has 3 heterocycles. The number of halogens is 3. The van der Waals surface area contributed by atoms with Gasteiger partial charge in [0.1, 0.15) is 0 Å². The van der Waals surface area contributed by atoms with Crippen LogP contribution in [0.15, 0.2) is 6.20 Å². The highest BCUT2D eigenvalue weighted by Crippen LogP contribution is 2.32. The van der Waals surface area contributed by atoms with Gasteiger partial charge in [-0.25, -0.2) is 0 Å². The molecule has 1 amide bonds. The fraction of sp³-hybridized carbons (Fsp3) is 0.733. The zero-order valence-corrected chi connectivity index (χ0v) is 13.6. The van der Waals surface area contributed by atoms with Gasteiger partial charge < -0.3 is 9.64 Å². The van der Waals surface area contributed by atoms with Gasteiger partial charge in [-0.05, 0) is 6.92 Å². The summed E-state index contributed by atoms with van der Waals surface area (Å²) in [6, 6.07) is 0. The molecule has 2 fully saturated rings. The highest BCUT2D eigenvalue weighted by Gasteiger charge is 2.42. The van der Waals surface area contributed by atoms with Gasteiger partial charge >= 0.3 is 6.18 Å². The maximum absolute atomic E-state index is 13.1. The van der Waals surface area contributed by atoms with Crippen LogP contribution in [-0.2, 0) is 17.5 Å². The maximum Gasteiger partial charge on any atom is 0.435 e. The summed E-state index contributed by atoms with van der Waals surface area (Å²) >= 11 is 0. The molecule has 0 radical (unpaired) electrons. The van der Waals surface area contributed by atoms with Crippen LogP contribution in [0.2, 0.25) is 0 Å². The summed E-state index contributed by atoms with van der Waals surface area (Å²) < 4.78 is 45.6. The molecule has 6 nitrogen and oxygen atoms in total. The van der Waals surface area contributed by atoms with Crippen molar-refractivity contribution in [1.29, 1.82) is 0 Å². The normalized spacial score (nSPS) is 20.2. The maximum atomic E-state index is 13.1. The first kappa shape index (κ1) is 17.2. The van der Waals surface area contributed by atoms with E-state index in [4.69, 9.17) is 4.74 Å². The van der Waals surface area contributed by atoms with Crippen LogP contribution in [0.25, 0.3) is 0 Å². The third-order valence-corrected chi connectivity index (χ3v) is 4.45. The molecule has 0 aliphatic carbocycles. The van der Waals surface area contributed by atoms with Crippen molar-refractivity contribution in [2.24, 2.45) is 5.92 Å². The summed E-state index contributed by atoms with van der Waals surface area (Å²) in [5, 5.41) is 3.50. The number of hydrogen-bond acceptors (Lipinski definition) is 4. The van der Waals surface area contributed by atoms with Crippen LogP contribution in [0, 0.1) is 5.92 Å². The lowest BCUT2D eigenvalue weighted by Gasteiger charge is -2.42. The number of aryl methyl sites for hydroxylation is 1. The van der Waals surface area contributed by atoms with Crippen molar-refractivity contribution in [3.05, 3.63) is 17.5 Å². The summed E-state index contributed by atoms with van der Waals surface area (Å²) in [5.41, 5.74) is -1.44. The Bertz CT molecular complexity index is 590. The molecule has 134 valence electrons. The van der Waals surface area contributed by atoms with Crippen LogP contribution >= 0.6 is 0 Å². The van der Waals surface area contributed by atoms with Gasteiger partial charge in [0.25, 0.3) is 5.91 Å². The number of alkyl halides is 3. The van der Waals surface area contributed by atoms with Gasteiger partial charge in [-0.1, -0.05) is 0 Å². The summed E-state index contributed by atoms with van der Waals surface area (Å²) in [6.07, 6.45) is -3.43. The number of nitrogens with zero attached hydrogens (tertiary/aromatic N) is 4. The predicted molar refractivity (Wildman–Crippen MR) is 79.6 cm³/mol. The van der Waals surface area contributed by atoms with Gasteiger partial charge in [0, 0.05) is 51.4 Å². The second kappa shape index (κ2) is 6.72. The number of ether oxygens (including phenoxy) is 1. The van der Waals surface area contributed by atoms with Crippen LogP contribution in [0.5, 0.6) is 0 Å². The average Bonchev–Trinajstić information content (AvgIpc) is 2.95. The van der Waals surface area contributed by atoms with Crippen LogP contribution in [0.4, 0.5) is 13.2 Å². The zero-order chi connectivity index (χ0) is 17.3. The Kier molecular flexibility index (Phi) is 4.82. The van der Waals surface area contributed by atoms with Crippen molar-refractivity contribution in [2.75, 3.05) is 45.9 Å². The molecular formula is C15H21F3N4O2. The number of likely N-dealkylation sites (tertiary alicyclic amines) is 1. The minimum absolute atomic E-state index is 0.288. The SMILES string of the molecule is CCn1cc(C(=O)N2CC(CN3CCOCC3)C2)c(C(F)(F)F)n1. The molecule has 1 aromatic heterocycles. The monoisotopic (exact) mass is 346 g/mol. The molecule has 2 aliphatic rings. The Morgan fingerprint density at radius 3 is 2.58 bits per heavy atom. The molecule has 0 atom stereocenters. The van der Waals surface area contributed by atoms with Crippen molar-refractivity contribution >= 4 is 5.91 Å². The van der Waals surface area contributed by atoms with Gasteiger partial charge in [-0.15, -0.1) is 0 Å². The topological polar surface area (TPSA) is 50.6 Å². The molecule has 0 bridgehead atoms. The van der Waals surface area contributed by atoms with E-state index < -0.39 is 17.8 Å². The molecule has 1 aromatic rings. The van der Waals surface area contributed by atoms with Gasteiger partial charge in [0.05, 0.1) is 18.8 Å². The third-order valence-electron chi connectivity index (χ3n) is 4.45. The predicted octanol–water partition coefficient (Wildman–Crippen LogP) is 1.33. The molecule has 24 heavy (non-hydrogen) atoms. The number of carbonyl (C=O) groups excluding carboxylic acids is 1. The van der Waals surface area contributed by atoms with Crippen molar-refractivity contribution in [3.63, 3.8) is 0 Å². The van der Waals surface area contributed by atoms with Crippen LogP contribution in [0.3, 0.4) is 0 Å². The number of rotatable bonds is 4. The summed E-state index contributed by atoms with van der Waals surface area (Å²) in [5.74, 6) is -0.275. The standard InChI is InChI=1S/C15H21F3N4O2/c1-2-22-10-12(13(19-22)15(16,17)18)14(23)21-8-11(9-21)7-20-3-5-24-6-4-20/h10-11H,2-9H2,1H3. The molecule has 9 heteroatoms. The molecule has 0 unspecified atom stereocenters. The van der Waals surface area contributed by atoms with Gasteiger partial charge in [0.2, 0.25) is 0 Å². The fourth-order valence-electron chi connectivity index (χ4n) is 3.12. The van der Waals surface area contributed by atoms with E-state index in [0.29, 0.717) is 32.2 Å². The first-order valence-corrected chi connectivity index (χ1v) is 8.12. The molecule has 0 spiro atoms. The van der Waals surface area contributed by atoms with E-state index in [1.54, 1.807) is 6.92 Å². The van der Waals surface area contributed by atoms with Crippen LogP contribution in [-0.4, -0.2) is 71.4 Å². The second-order valence-corrected chi connectivity index (χ2v) is 6.23. The van der Waals surface area contributed by atoms with Crippen molar-refractivity contribution in [3.8, 4) is 0 Å². The largest absolute Gasteiger partial charge is 0.435 e. The lowest BCUT2D eigenvalue weighted by atomic mass is 9.98. The average molecular weight is 346 g/mol. The molecule has 0 aromatic carbocycles. The number of amides is 1. The summed E-state index contributed by atoms with van der Waals surface area (Å²) in [4.78, 5) is 16.1. The highest BCUT2D eigenvalue weighted by molar-refractivity contribution is 5.95. The van der Waals surface area contributed by atoms with Crippen molar-refractivity contribution < 1.29 is 22.7 Å². The molecule has 0 saturated carbocycles. The van der Waals surface area contributed by atoms with Gasteiger partial charge in [-0.2, -0.15) is 18.3 Å². The fourth-order valence-corrected chi connectivity index (χ4v) is 3.12. The van der Waals surface area contributed by atoms with E-state index in [1.807, 2.05) is 0 Å². The first-order chi connectivity index (χ1) is 11.4. The number of morpholine rings is 1. The van der Waals surface area contributed by atoms with E-state index in [2.05, 4.69) is 10.00 Å². The minimum Gasteiger partial charge on any atom is -0.379 e. The molecule has 0 N–H and O–H groups in total. The van der Waals surface area contributed by atoms with E-state index in [9.17, 15) is 18.0 Å². The van der Waals surface area contributed by atoms with E-state index in [-0.39, 0.29) is 12.1 Å². The lowest BCUT2D eigenvalue weighted by molar-refractivity contribution is -0.142. The van der Waals surface area contributed by atoms with Gasteiger partial charge in [-0.3, -0.25) is 14.4 Å². The second-order valence-electron chi connectivity index (χ2n) is 6.23. The van der Waals surface area contributed by atoms with Crippen molar-refractivity contribution in [1.82, 2.24) is 19.6 Å². The van der Waals surface area contributed by atoms with Crippen LogP contribution in [0.1, 0.15) is 23.0 Å². The Hall–Kier alpha value is -1.61. The molecular weight excluding hydrogens is 325 g/mol. The Labute approximate surface area is 138 Å². The lowest BCUT2D eigenvalue weighted by Crippen LogP contribution is -2.55. The minimum atomic E-state index is -4.62. The Balaban J connectivity index is 1.61. The molecule has 3 rings (SSSR count). The van der Waals surface area contributed by atoms with E-state index in [1.165, 1.54) is 11.1 Å². The first-order valence-electron chi connectivity index (χ1n) is 8.12. The zero-order valence-electron chi connectivity index (χ0n) is 13.6. The Morgan fingerprint density at radius 2 is 2.00 bits per heavy atom. The smallest absolute Gasteiger partial charge is 0.379 e. The molecule has 2 saturated heterocycles. The number of carbonyl (C=O) groups is 1.